The lowest BCUT2D eigenvalue weighted by molar-refractivity contribution is 0.0694. The van der Waals surface area contributed by atoms with Gasteiger partial charge in [0, 0.05) is 17.8 Å². The van der Waals surface area contributed by atoms with Gasteiger partial charge in [-0.15, -0.1) is 11.6 Å². The van der Waals surface area contributed by atoms with Crippen LogP contribution in [0.3, 0.4) is 0 Å². The number of hydrogen-bond donors (Lipinski definition) is 2. The number of aromatic carboxylic acids is 1. The highest BCUT2D eigenvalue weighted by Gasteiger charge is 2.50. The van der Waals surface area contributed by atoms with Crippen LogP contribution in [0.25, 0.3) is 11.3 Å². The van der Waals surface area contributed by atoms with Crippen molar-refractivity contribution in [1.82, 2.24) is 4.68 Å². The summed E-state index contributed by atoms with van der Waals surface area (Å²) in [6.07, 6.45) is 2.06. The molecule has 7 heteroatoms. The first kappa shape index (κ1) is 16.0. The number of carboxylic acid groups (broad SMARTS) is 1. The number of rotatable bonds is 1. The highest BCUT2D eigenvalue weighted by atomic mass is 35.5. The summed E-state index contributed by atoms with van der Waals surface area (Å²) in [4.78, 5) is 23.7. The van der Waals surface area contributed by atoms with E-state index in [9.17, 15) is 19.8 Å². The van der Waals surface area contributed by atoms with E-state index in [0.29, 0.717) is 12.1 Å². The maximum absolute atomic E-state index is 12.2. The van der Waals surface area contributed by atoms with Crippen LogP contribution in [0.5, 0.6) is 5.75 Å². The molecule has 0 saturated carbocycles. The van der Waals surface area contributed by atoms with Crippen molar-refractivity contribution in [2.45, 2.75) is 37.2 Å². The zero-order chi connectivity index (χ0) is 18.1. The molecule has 1 aromatic heterocycles. The maximum atomic E-state index is 12.2. The van der Waals surface area contributed by atoms with Crippen molar-refractivity contribution in [3.63, 3.8) is 0 Å². The second kappa shape index (κ2) is 5.02. The highest BCUT2D eigenvalue weighted by molar-refractivity contribution is 6.21. The Balaban J connectivity index is 2.09. The monoisotopic (exact) mass is 360 g/mol. The first-order valence-corrected chi connectivity index (χ1v) is 8.41. The normalized spacial score (nSPS) is 22.9. The van der Waals surface area contributed by atoms with Gasteiger partial charge in [0.1, 0.15) is 11.3 Å². The van der Waals surface area contributed by atoms with Crippen LogP contribution in [-0.2, 0) is 0 Å². The van der Waals surface area contributed by atoms with E-state index in [-0.39, 0.29) is 28.3 Å². The van der Waals surface area contributed by atoms with E-state index < -0.39 is 11.4 Å². The molecule has 2 aliphatic heterocycles. The van der Waals surface area contributed by atoms with Gasteiger partial charge in [0.05, 0.1) is 22.7 Å². The van der Waals surface area contributed by atoms with E-state index in [1.165, 1.54) is 12.3 Å². The SMILES string of the molecule is CC1(C)CC(Cl)[C@H]2c3cc(O)ccc3-c3cc(=O)c(C(=O)O)cn3N21. The fraction of sp³-hybridized carbons (Fsp3) is 0.333. The average Bonchev–Trinajstić information content (AvgIpc) is 2.76. The Labute approximate surface area is 148 Å². The van der Waals surface area contributed by atoms with Gasteiger partial charge in [-0.3, -0.25) is 14.5 Å². The van der Waals surface area contributed by atoms with E-state index >= 15 is 0 Å². The van der Waals surface area contributed by atoms with Gasteiger partial charge in [-0.2, -0.15) is 0 Å². The Bertz CT molecular complexity index is 966. The van der Waals surface area contributed by atoms with Crippen LogP contribution in [0, 0.1) is 0 Å². The van der Waals surface area contributed by atoms with Gasteiger partial charge in [-0.1, -0.05) is 0 Å². The van der Waals surface area contributed by atoms with Crippen LogP contribution in [0.1, 0.15) is 42.2 Å². The Hall–Kier alpha value is -2.47. The Kier molecular flexibility index (Phi) is 3.22. The minimum Gasteiger partial charge on any atom is -0.508 e. The highest BCUT2D eigenvalue weighted by Crippen LogP contribution is 2.50. The minimum atomic E-state index is -1.26. The summed E-state index contributed by atoms with van der Waals surface area (Å²) in [6, 6.07) is 6.08. The van der Waals surface area contributed by atoms with Gasteiger partial charge in [0.15, 0.2) is 5.43 Å². The summed E-state index contributed by atoms with van der Waals surface area (Å²) in [6.45, 7) is 4.05. The van der Waals surface area contributed by atoms with E-state index in [0.717, 1.165) is 11.1 Å². The molecule has 3 heterocycles. The summed E-state index contributed by atoms with van der Waals surface area (Å²) in [5.41, 5.74) is 1.04. The van der Waals surface area contributed by atoms with Crippen LogP contribution in [0.2, 0.25) is 0 Å². The first-order chi connectivity index (χ1) is 11.7. The first-order valence-electron chi connectivity index (χ1n) is 7.98. The van der Waals surface area contributed by atoms with E-state index in [1.54, 1.807) is 22.9 Å². The van der Waals surface area contributed by atoms with E-state index in [2.05, 4.69) is 0 Å². The van der Waals surface area contributed by atoms with Crippen molar-refractivity contribution in [2.75, 3.05) is 5.01 Å². The number of aromatic hydroxyl groups is 1. The van der Waals surface area contributed by atoms with Crippen molar-refractivity contribution >= 4 is 17.6 Å². The van der Waals surface area contributed by atoms with Gasteiger partial charge in [-0.25, -0.2) is 4.79 Å². The Morgan fingerprint density at radius 2 is 2.04 bits per heavy atom. The zero-order valence-corrected chi connectivity index (χ0v) is 14.5. The maximum Gasteiger partial charge on any atom is 0.341 e. The number of pyridine rings is 1. The quantitative estimate of drug-likeness (QED) is 0.764. The Morgan fingerprint density at radius 1 is 1.32 bits per heavy atom. The van der Waals surface area contributed by atoms with E-state index in [1.807, 2.05) is 18.9 Å². The Morgan fingerprint density at radius 3 is 2.72 bits per heavy atom. The molecule has 2 aliphatic rings. The largest absolute Gasteiger partial charge is 0.508 e. The van der Waals surface area contributed by atoms with Crippen LogP contribution in [-0.4, -0.2) is 31.8 Å². The third-order valence-electron chi connectivity index (χ3n) is 5.04. The lowest BCUT2D eigenvalue weighted by atomic mass is 9.94. The van der Waals surface area contributed by atoms with Gasteiger partial charge in [0.25, 0.3) is 0 Å². The molecule has 2 aromatic rings. The molecule has 1 aromatic carbocycles. The topological polar surface area (TPSA) is 82.8 Å². The fourth-order valence-corrected chi connectivity index (χ4v) is 4.68. The lowest BCUT2D eigenvalue weighted by Crippen LogP contribution is -2.50. The van der Waals surface area contributed by atoms with Crippen LogP contribution in [0.15, 0.2) is 35.3 Å². The number of nitrogens with zero attached hydrogens (tertiary/aromatic N) is 2. The fourth-order valence-electron chi connectivity index (χ4n) is 4.06. The molecule has 0 amide bonds. The number of phenolic OH excluding ortho intramolecular Hbond substituents is 1. The van der Waals surface area contributed by atoms with Crippen molar-refractivity contribution in [3.8, 4) is 17.0 Å². The predicted octanol–water partition coefficient (Wildman–Crippen LogP) is 2.70. The van der Waals surface area contributed by atoms with Crippen molar-refractivity contribution in [3.05, 3.63) is 51.8 Å². The summed E-state index contributed by atoms with van der Waals surface area (Å²) in [5.74, 6) is -1.13. The molecule has 1 fully saturated rings. The van der Waals surface area contributed by atoms with Gasteiger partial charge < -0.3 is 10.2 Å². The number of carbonyl (C=O) groups is 1. The van der Waals surface area contributed by atoms with Crippen LogP contribution < -0.4 is 10.4 Å². The number of carboxylic acids is 1. The third kappa shape index (κ3) is 2.17. The number of halogens is 1. The molecule has 1 unspecified atom stereocenters. The number of phenols is 1. The second-order valence-electron chi connectivity index (χ2n) is 7.18. The number of fused-ring (bicyclic) bond motifs is 6. The van der Waals surface area contributed by atoms with Crippen molar-refractivity contribution in [2.24, 2.45) is 0 Å². The number of hydrogen-bond acceptors (Lipinski definition) is 4. The van der Waals surface area contributed by atoms with Crippen molar-refractivity contribution in [1.29, 1.82) is 0 Å². The molecule has 1 saturated heterocycles. The molecule has 6 nitrogen and oxygen atoms in total. The molecule has 2 atom stereocenters. The second-order valence-corrected chi connectivity index (χ2v) is 7.74. The molecule has 25 heavy (non-hydrogen) atoms. The number of alkyl halides is 1. The smallest absolute Gasteiger partial charge is 0.341 e. The van der Waals surface area contributed by atoms with E-state index in [4.69, 9.17) is 11.6 Å². The molecule has 130 valence electrons. The number of aromatic nitrogens is 1. The summed E-state index contributed by atoms with van der Waals surface area (Å²) in [7, 11) is 0. The van der Waals surface area contributed by atoms with Crippen LogP contribution in [0.4, 0.5) is 0 Å². The van der Waals surface area contributed by atoms with Gasteiger partial charge in [-0.05, 0) is 44.0 Å². The molecule has 0 spiro atoms. The lowest BCUT2D eigenvalue weighted by Gasteiger charge is -2.44. The van der Waals surface area contributed by atoms with Gasteiger partial charge in [0.2, 0.25) is 0 Å². The number of benzene rings is 1. The summed E-state index contributed by atoms with van der Waals surface area (Å²) < 4.78 is 1.73. The molecule has 4 rings (SSSR count). The average molecular weight is 361 g/mol. The molecule has 0 bridgehead atoms. The standard InChI is InChI=1S/C18H17ClN2O4/c1-18(2)7-13(19)16-11-5-9(22)3-4-10(11)14-6-15(23)12(17(24)25)8-20(14)21(16)18/h3-6,8,13,16,22H,7H2,1-2H3,(H,24,25)/t13?,16-/m1/s1. The van der Waals surface area contributed by atoms with Crippen LogP contribution >= 0.6 is 11.6 Å². The summed E-state index contributed by atoms with van der Waals surface area (Å²) in [5, 5.41) is 21.1. The zero-order valence-electron chi connectivity index (χ0n) is 13.7. The molecular formula is C18H17ClN2O4. The molecular weight excluding hydrogens is 344 g/mol. The third-order valence-corrected chi connectivity index (χ3v) is 5.44. The molecule has 2 N–H and O–H groups in total. The van der Waals surface area contributed by atoms with Crippen molar-refractivity contribution < 1.29 is 15.0 Å². The summed E-state index contributed by atoms with van der Waals surface area (Å²) >= 11 is 6.64. The minimum absolute atomic E-state index is 0.130. The van der Waals surface area contributed by atoms with Gasteiger partial charge >= 0.3 is 5.97 Å². The molecule has 0 aliphatic carbocycles. The predicted molar refractivity (Wildman–Crippen MR) is 94.1 cm³/mol. The molecule has 0 radical (unpaired) electrons.